The van der Waals surface area contributed by atoms with Crippen LogP contribution in [0.2, 0.25) is 5.04 Å². The molecule has 43 heavy (non-hydrogen) atoms. The van der Waals surface area contributed by atoms with Crippen LogP contribution in [-0.2, 0) is 27.2 Å². The third-order valence-corrected chi connectivity index (χ3v) is 12.6. The highest BCUT2D eigenvalue weighted by molar-refractivity contribution is 6.99. The molecule has 1 aliphatic rings. The van der Waals surface area contributed by atoms with Crippen LogP contribution in [0.1, 0.15) is 32.6 Å². The van der Waals surface area contributed by atoms with Gasteiger partial charge in [-0.2, -0.15) is 0 Å². The van der Waals surface area contributed by atoms with E-state index in [1.807, 2.05) is 91.0 Å². The van der Waals surface area contributed by atoms with Crippen LogP contribution in [-0.4, -0.2) is 35.3 Å². The van der Waals surface area contributed by atoms with Crippen molar-refractivity contribution in [2.24, 2.45) is 0 Å². The van der Waals surface area contributed by atoms with Crippen molar-refractivity contribution < 1.29 is 23.4 Å². The molecule has 0 spiro atoms. The van der Waals surface area contributed by atoms with Crippen molar-refractivity contribution in [3.05, 3.63) is 141 Å². The highest BCUT2D eigenvalue weighted by Crippen LogP contribution is 2.39. The number of aliphatic hydroxyl groups is 1. The Morgan fingerprint density at radius 3 is 2.00 bits per heavy atom. The monoisotopic (exact) mass is 602 g/mol. The van der Waals surface area contributed by atoms with E-state index < -0.39 is 43.5 Å². The normalized spacial score (nSPS) is 17.4. The average Bonchev–Trinajstić information content (AvgIpc) is 3.29. The van der Waals surface area contributed by atoms with Crippen LogP contribution in [0.5, 0.6) is 0 Å². The molecule has 2 heterocycles. The van der Waals surface area contributed by atoms with Gasteiger partial charge in [0.05, 0.1) is 13.2 Å². The van der Waals surface area contributed by atoms with E-state index in [4.69, 9.17) is 13.9 Å². The lowest BCUT2D eigenvalue weighted by Crippen LogP contribution is -2.67. The van der Waals surface area contributed by atoms with E-state index in [0.29, 0.717) is 0 Å². The topological polar surface area (TPSA) is 91.9 Å². The minimum absolute atomic E-state index is 0.155. The summed E-state index contributed by atoms with van der Waals surface area (Å²) < 4.78 is 35.6. The lowest BCUT2D eigenvalue weighted by Gasteiger charge is -2.43. The fourth-order valence-electron chi connectivity index (χ4n) is 5.49. The van der Waals surface area contributed by atoms with Gasteiger partial charge in [0.25, 0.3) is 13.9 Å². The second-order valence-electron chi connectivity index (χ2n) is 11.4. The largest absolute Gasteiger partial charge is 0.507 e. The zero-order chi connectivity index (χ0) is 30.6. The first kappa shape index (κ1) is 30.4. The molecular weight excluding hydrogens is 567 g/mol. The van der Waals surface area contributed by atoms with Crippen LogP contribution in [0.15, 0.2) is 124 Å². The Morgan fingerprint density at radius 1 is 0.884 bits per heavy atom. The summed E-state index contributed by atoms with van der Waals surface area (Å²) in [6.45, 7) is 6.01. The van der Waals surface area contributed by atoms with E-state index in [9.17, 15) is 14.7 Å². The van der Waals surface area contributed by atoms with Gasteiger partial charge >= 0.3 is 5.69 Å². The summed E-state index contributed by atoms with van der Waals surface area (Å²) in [7, 11) is -3.01. The molecule has 0 unspecified atom stereocenters. The third kappa shape index (κ3) is 6.05. The number of rotatable bonds is 10. The highest BCUT2D eigenvalue weighted by Gasteiger charge is 2.51. The Balaban J connectivity index is 1.40. The maximum Gasteiger partial charge on any atom is 0.335 e. The summed E-state index contributed by atoms with van der Waals surface area (Å²) >= 11 is 0. The van der Waals surface area contributed by atoms with E-state index in [-0.39, 0.29) is 25.0 Å². The van der Waals surface area contributed by atoms with Crippen molar-refractivity contribution in [1.29, 1.82) is 0 Å². The van der Waals surface area contributed by atoms with Gasteiger partial charge in [-0.3, -0.25) is 9.36 Å². The number of hydrogen-bond donors (Lipinski definition) is 1. The number of benzene rings is 3. The molecule has 1 aliphatic heterocycles. The van der Waals surface area contributed by atoms with E-state index in [0.717, 1.165) is 37.3 Å². The van der Waals surface area contributed by atoms with Gasteiger partial charge in [0, 0.05) is 12.3 Å². The Labute approximate surface area is 250 Å². The summed E-state index contributed by atoms with van der Waals surface area (Å²) in [6, 6.07) is 30.3. The molecule has 0 saturated heterocycles. The van der Waals surface area contributed by atoms with Crippen LogP contribution in [0.25, 0.3) is 0 Å². The lowest BCUT2D eigenvalue weighted by atomic mass is 10.2. The van der Waals surface area contributed by atoms with Gasteiger partial charge in [-0.1, -0.05) is 112 Å². The fraction of sp³-hybridized carbons (Fsp3) is 0.273. The van der Waals surface area contributed by atoms with Gasteiger partial charge < -0.3 is 19.0 Å². The maximum absolute atomic E-state index is 15.5. The van der Waals surface area contributed by atoms with Crippen LogP contribution in [0, 0.1) is 0 Å². The van der Waals surface area contributed by atoms with E-state index in [1.165, 1.54) is 0 Å². The van der Waals surface area contributed by atoms with Crippen molar-refractivity contribution in [2.45, 2.75) is 51.5 Å². The zero-order valence-corrected chi connectivity index (χ0v) is 25.4. The molecule has 0 aliphatic carbocycles. The molecule has 1 aromatic heterocycles. The van der Waals surface area contributed by atoms with Gasteiger partial charge in [0.15, 0.2) is 17.8 Å². The summed E-state index contributed by atoms with van der Waals surface area (Å²) in [4.78, 5) is 25.8. The third-order valence-electron chi connectivity index (χ3n) is 7.61. The summed E-state index contributed by atoms with van der Waals surface area (Å²) in [5.41, 5.74) is -0.567. The molecule has 0 saturated carbocycles. The quantitative estimate of drug-likeness (QED) is 0.271. The second kappa shape index (κ2) is 12.6. The Kier molecular flexibility index (Phi) is 8.93. The minimum Gasteiger partial charge on any atom is -0.507 e. The highest BCUT2D eigenvalue weighted by atomic mass is 28.4. The molecule has 8 nitrogen and oxygen atoms in total. The molecule has 0 radical (unpaired) electrons. The first-order valence-electron chi connectivity index (χ1n) is 14.1. The number of aromatic nitrogens is 2. The van der Waals surface area contributed by atoms with Gasteiger partial charge in [-0.15, -0.1) is 0 Å². The lowest BCUT2D eigenvalue weighted by molar-refractivity contribution is -0.0316. The maximum atomic E-state index is 15.5. The van der Waals surface area contributed by atoms with E-state index in [2.05, 4.69) is 20.8 Å². The molecule has 4 aromatic rings. The molecule has 0 amide bonds. The standard InChI is InChI=1S/C33H35FN2O6Si/c1-33(2,3)43(25-15-9-5-10-16-25,26-17-11-6-12-18-26)41-22-27-30(38)29(34)31(42-27)35-20-19-28(37)36(32(35)39)23-40-21-24-13-7-4-8-14-24/h4-20,27,31,38H,21-23H2,1-3H3/t27-,31-/m1/s1. The summed E-state index contributed by atoms with van der Waals surface area (Å²) in [5, 5.41) is 12.5. The van der Waals surface area contributed by atoms with Crippen molar-refractivity contribution in [3.63, 3.8) is 0 Å². The Hall–Kier alpha value is -4.09. The minimum atomic E-state index is -3.01. The van der Waals surface area contributed by atoms with Gasteiger partial charge in [0.1, 0.15) is 12.8 Å². The number of ether oxygens (including phenoxy) is 2. The Bertz CT molecular complexity index is 1640. The predicted molar refractivity (Wildman–Crippen MR) is 164 cm³/mol. The van der Waals surface area contributed by atoms with Gasteiger partial charge in [-0.25, -0.2) is 13.8 Å². The molecule has 1 N–H and O–H groups in total. The zero-order valence-electron chi connectivity index (χ0n) is 24.4. The van der Waals surface area contributed by atoms with E-state index in [1.54, 1.807) is 0 Å². The average molecular weight is 603 g/mol. The molecular formula is C33H35FN2O6Si. The van der Waals surface area contributed by atoms with Crippen LogP contribution in [0.3, 0.4) is 0 Å². The number of hydrogen-bond acceptors (Lipinski definition) is 6. The number of halogens is 1. The number of nitrogens with zero attached hydrogens (tertiary/aromatic N) is 2. The predicted octanol–water partition coefficient (Wildman–Crippen LogP) is 4.40. The van der Waals surface area contributed by atoms with Crippen molar-refractivity contribution in [2.75, 3.05) is 6.61 Å². The van der Waals surface area contributed by atoms with E-state index >= 15 is 4.39 Å². The van der Waals surface area contributed by atoms with Crippen LogP contribution >= 0.6 is 0 Å². The molecule has 224 valence electrons. The molecule has 2 atom stereocenters. The Morgan fingerprint density at radius 2 is 1.44 bits per heavy atom. The first-order valence-corrected chi connectivity index (χ1v) is 16.0. The van der Waals surface area contributed by atoms with Crippen LogP contribution in [0.4, 0.5) is 4.39 Å². The van der Waals surface area contributed by atoms with Crippen LogP contribution < -0.4 is 21.6 Å². The van der Waals surface area contributed by atoms with Gasteiger partial charge in [0.2, 0.25) is 0 Å². The fourth-order valence-corrected chi connectivity index (χ4v) is 10.0. The summed E-state index contributed by atoms with van der Waals surface area (Å²) in [6.07, 6.45) is -1.59. The second-order valence-corrected chi connectivity index (χ2v) is 15.7. The van der Waals surface area contributed by atoms with Crippen molar-refractivity contribution in [1.82, 2.24) is 9.13 Å². The molecule has 5 rings (SSSR count). The first-order chi connectivity index (χ1) is 20.6. The van der Waals surface area contributed by atoms with Crippen molar-refractivity contribution in [3.8, 4) is 0 Å². The summed E-state index contributed by atoms with van der Waals surface area (Å²) in [5.74, 6) is -1.67. The molecule has 3 aromatic carbocycles. The molecule has 10 heteroatoms. The van der Waals surface area contributed by atoms with Gasteiger partial charge in [-0.05, 0) is 21.0 Å². The SMILES string of the molecule is CC(C)(C)[Si](OC[C@H]1O[C@@H](n2ccc(=O)n(COCc3ccccc3)c2=O)C(F)=C1O)(c1ccccc1)c1ccccc1. The molecule has 0 bridgehead atoms. The molecule has 0 fully saturated rings. The van der Waals surface area contributed by atoms with Crippen molar-refractivity contribution >= 4 is 18.7 Å². The number of aliphatic hydroxyl groups excluding tert-OH is 1. The smallest absolute Gasteiger partial charge is 0.335 e.